The van der Waals surface area contributed by atoms with E-state index in [-0.39, 0.29) is 10.0 Å². The van der Waals surface area contributed by atoms with E-state index < -0.39 is 5.97 Å². The molecule has 7 heteroatoms. The number of aromatic carboxylic acids is 1. The van der Waals surface area contributed by atoms with E-state index in [0.717, 1.165) is 22.8 Å². The molecule has 0 aliphatic carbocycles. The number of aryl methyl sites for hydroxylation is 1. The third kappa shape index (κ3) is 4.09. The molecule has 2 rings (SSSR count). The minimum atomic E-state index is -0.990. The van der Waals surface area contributed by atoms with Gasteiger partial charge in [-0.1, -0.05) is 11.3 Å². The van der Waals surface area contributed by atoms with Crippen molar-refractivity contribution in [3.05, 3.63) is 34.8 Å². The molecule has 0 fully saturated rings. The number of nitrogens with zero attached hydrogens (tertiary/aromatic N) is 1. The van der Waals surface area contributed by atoms with Gasteiger partial charge in [0.15, 0.2) is 5.13 Å². The lowest BCUT2D eigenvalue weighted by Crippen LogP contribution is -2.03. The fraction of sp³-hybridized carbons (Fsp3) is 0.286. The predicted molar refractivity (Wildman–Crippen MR) is 80.3 cm³/mol. The Kier molecular flexibility index (Phi) is 4.99. The highest BCUT2D eigenvalue weighted by atomic mass is 32.1. The van der Waals surface area contributed by atoms with Crippen LogP contribution in [0, 0.1) is 0 Å². The molecule has 0 amide bonds. The molecule has 0 aliphatic heterocycles. The van der Waals surface area contributed by atoms with Crippen LogP contribution in [0.15, 0.2) is 24.3 Å². The zero-order valence-corrected chi connectivity index (χ0v) is 12.4. The molecule has 1 aromatic heterocycles. The number of benzene rings is 1. The minimum absolute atomic E-state index is 0.206. The summed E-state index contributed by atoms with van der Waals surface area (Å²) in [5, 5.41) is 9.31. The second kappa shape index (κ2) is 6.94. The smallest absolute Gasteiger partial charge is 0.347 e. The topological polar surface area (TPSA) is 94.7 Å². The highest BCUT2D eigenvalue weighted by Gasteiger charge is 2.15. The van der Waals surface area contributed by atoms with Crippen LogP contribution in [0.25, 0.3) is 0 Å². The van der Waals surface area contributed by atoms with Crippen LogP contribution in [-0.2, 0) is 6.42 Å². The van der Waals surface area contributed by atoms with E-state index in [9.17, 15) is 4.79 Å². The number of aromatic nitrogens is 1. The Hall–Kier alpha value is -2.28. The van der Waals surface area contributed by atoms with Gasteiger partial charge in [0.1, 0.15) is 16.4 Å². The first-order valence-corrected chi connectivity index (χ1v) is 7.17. The highest BCUT2D eigenvalue weighted by Crippen LogP contribution is 2.22. The summed E-state index contributed by atoms with van der Waals surface area (Å²) in [5.41, 5.74) is 6.06. The molecule has 0 saturated carbocycles. The molecule has 0 radical (unpaired) electrons. The maximum absolute atomic E-state index is 11.0. The first kappa shape index (κ1) is 15.1. The monoisotopic (exact) mass is 308 g/mol. The van der Waals surface area contributed by atoms with E-state index in [1.807, 2.05) is 24.3 Å². The van der Waals surface area contributed by atoms with Crippen LogP contribution in [0.1, 0.15) is 21.8 Å². The number of hydrogen-bond acceptors (Lipinski definition) is 6. The van der Waals surface area contributed by atoms with Crippen LogP contribution in [0.3, 0.4) is 0 Å². The summed E-state index contributed by atoms with van der Waals surface area (Å²) in [4.78, 5) is 15.3. The van der Waals surface area contributed by atoms with E-state index in [0.29, 0.717) is 25.1 Å². The second-order valence-corrected chi connectivity index (χ2v) is 5.29. The Morgan fingerprint density at radius 1 is 1.33 bits per heavy atom. The molecule has 0 atom stereocenters. The number of anilines is 1. The normalized spacial score (nSPS) is 10.3. The third-order valence-electron chi connectivity index (χ3n) is 2.79. The second-order valence-electron chi connectivity index (χ2n) is 4.26. The van der Waals surface area contributed by atoms with Crippen LogP contribution < -0.4 is 15.2 Å². The Morgan fingerprint density at radius 2 is 2.00 bits per heavy atom. The molecule has 0 saturated heterocycles. The van der Waals surface area contributed by atoms with Crippen molar-refractivity contribution >= 4 is 22.4 Å². The van der Waals surface area contributed by atoms with Crippen LogP contribution in [0.4, 0.5) is 5.13 Å². The SMILES string of the molecule is COc1ccc(OCCCc2nc(N)sc2C(=O)O)cc1. The van der Waals surface area contributed by atoms with Gasteiger partial charge in [-0.25, -0.2) is 9.78 Å². The molecule has 112 valence electrons. The number of hydrogen-bond donors (Lipinski definition) is 2. The molecular formula is C14H16N2O4S. The fourth-order valence-electron chi connectivity index (χ4n) is 1.81. The molecule has 6 nitrogen and oxygen atoms in total. The van der Waals surface area contributed by atoms with Gasteiger partial charge >= 0.3 is 5.97 Å². The first-order valence-electron chi connectivity index (χ1n) is 6.35. The first-order chi connectivity index (χ1) is 10.1. The number of thiazole rings is 1. The number of ether oxygens (including phenoxy) is 2. The van der Waals surface area contributed by atoms with Crippen molar-refractivity contribution in [1.29, 1.82) is 0 Å². The van der Waals surface area contributed by atoms with Crippen molar-refractivity contribution in [2.75, 3.05) is 19.5 Å². The molecule has 1 heterocycles. The summed E-state index contributed by atoms with van der Waals surface area (Å²) in [6.45, 7) is 0.475. The highest BCUT2D eigenvalue weighted by molar-refractivity contribution is 7.17. The number of carbonyl (C=O) groups is 1. The van der Waals surface area contributed by atoms with E-state index in [2.05, 4.69) is 4.98 Å². The molecule has 3 N–H and O–H groups in total. The molecule has 0 unspecified atom stereocenters. The number of rotatable bonds is 7. The lowest BCUT2D eigenvalue weighted by molar-refractivity contribution is 0.0700. The molecule has 0 spiro atoms. The van der Waals surface area contributed by atoms with Gasteiger partial charge in [-0.3, -0.25) is 0 Å². The van der Waals surface area contributed by atoms with Crippen molar-refractivity contribution in [2.24, 2.45) is 0 Å². The van der Waals surface area contributed by atoms with Gasteiger partial charge < -0.3 is 20.3 Å². The average molecular weight is 308 g/mol. The van der Waals surface area contributed by atoms with Crippen LogP contribution >= 0.6 is 11.3 Å². The van der Waals surface area contributed by atoms with E-state index >= 15 is 0 Å². The van der Waals surface area contributed by atoms with Gasteiger partial charge in [0, 0.05) is 0 Å². The van der Waals surface area contributed by atoms with Gasteiger partial charge in [-0.05, 0) is 37.1 Å². The lowest BCUT2D eigenvalue weighted by atomic mass is 10.2. The maximum atomic E-state index is 11.0. The summed E-state index contributed by atoms with van der Waals surface area (Å²) in [6.07, 6.45) is 1.18. The molecule has 21 heavy (non-hydrogen) atoms. The summed E-state index contributed by atoms with van der Waals surface area (Å²) in [6, 6.07) is 7.28. The summed E-state index contributed by atoms with van der Waals surface area (Å²) < 4.78 is 10.6. The average Bonchev–Trinajstić information content (AvgIpc) is 2.85. The number of carboxylic acid groups (broad SMARTS) is 1. The summed E-state index contributed by atoms with van der Waals surface area (Å²) >= 11 is 0.993. The van der Waals surface area contributed by atoms with Crippen LogP contribution in [-0.4, -0.2) is 29.8 Å². The van der Waals surface area contributed by atoms with Crippen LogP contribution in [0.2, 0.25) is 0 Å². The fourth-order valence-corrected chi connectivity index (χ4v) is 2.53. The van der Waals surface area contributed by atoms with Gasteiger partial charge in [0.05, 0.1) is 19.4 Å². The molecule has 0 bridgehead atoms. The van der Waals surface area contributed by atoms with Crippen molar-refractivity contribution < 1.29 is 19.4 Å². The van der Waals surface area contributed by atoms with Gasteiger partial charge in [-0.15, -0.1) is 0 Å². The molecule has 1 aromatic carbocycles. The Balaban J connectivity index is 1.83. The van der Waals surface area contributed by atoms with E-state index in [1.165, 1.54) is 0 Å². The molecular weight excluding hydrogens is 292 g/mol. The molecule has 0 aliphatic rings. The van der Waals surface area contributed by atoms with Crippen LogP contribution in [0.5, 0.6) is 11.5 Å². The van der Waals surface area contributed by atoms with E-state index in [1.54, 1.807) is 7.11 Å². The molecule has 2 aromatic rings. The Labute approximate surface area is 126 Å². The number of methoxy groups -OCH3 is 1. The largest absolute Gasteiger partial charge is 0.497 e. The summed E-state index contributed by atoms with van der Waals surface area (Å²) in [7, 11) is 1.61. The third-order valence-corrected chi connectivity index (χ3v) is 3.71. The predicted octanol–water partition coefficient (Wildman–Crippen LogP) is 2.44. The lowest BCUT2D eigenvalue weighted by Gasteiger charge is -2.06. The van der Waals surface area contributed by atoms with Crippen molar-refractivity contribution in [2.45, 2.75) is 12.8 Å². The zero-order valence-electron chi connectivity index (χ0n) is 11.5. The van der Waals surface area contributed by atoms with Gasteiger partial charge in [0.25, 0.3) is 0 Å². The Morgan fingerprint density at radius 3 is 2.62 bits per heavy atom. The van der Waals surface area contributed by atoms with Gasteiger partial charge in [-0.2, -0.15) is 0 Å². The number of carboxylic acids is 1. The Bertz CT molecular complexity index is 610. The maximum Gasteiger partial charge on any atom is 0.347 e. The van der Waals surface area contributed by atoms with Crippen molar-refractivity contribution in [3.63, 3.8) is 0 Å². The van der Waals surface area contributed by atoms with Gasteiger partial charge in [0.2, 0.25) is 0 Å². The van der Waals surface area contributed by atoms with Crippen molar-refractivity contribution in [3.8, 4) is 11.5 Å². The summed E-state index contributed by atoms with van der Waals surface area (Å²) in [5.74, 6) is 0.522. The van der Waals surface area contributed by atoms with E-state index in [4.69, 9.17) is 20.3 Å². The van der Waals surface area contributed by atoms with Crippen molar-refractivity contribution in [1.82, 2.24) is 4.98 Å². The minimum Gasteiger partial charge on any atom is -0.497 e. The zero-order chi connectivity index (χ0) is 15.2. The number of nitrogen functional groups attached to an aromatic ring is 1. The number of nitrogens with two attached hydrogens (primary N) is 1. The quantitative estimate of drug-likeness (QED) is 0.763. The standard InChI is InChI=1S/C14H16N2O4S/c1-19-9-4-6-10(7-5-9)20-8-2-3-11-12(13(17)18)21-14(15)16-11/h4-7H,2-3,8H2,1H3,(H2,15,16)(H,17,18).